The second kappa shape index (κ2) is 7.18. The van der Waals surface area contributed by atoms with Crippen molar-refractivity contribution in [3.05, 3.63) is 53.6 Å². The first-order valence-corrected chi connectivity index (χ1v) is 9.23. The minimum absolute atomic E-state index is 0.0902. The molecule has 4 amide bonds. The summed E-state index contributed by atoms with van der Waals surface area (Å²) in [5.41, 5.74) is 0.0195. The second-order valence-electron chi connectivity index (χ2n) is 7.20. The first-order valence-electron chi connectivity index (χ1n) is 9.23. The maximum Gasteiger partial charge on any atom is 0.325 e. The van der Waals surface area contributed by atoms with Gasteiger partial charge < -0.3 is 20.1 Å². The van der Waals surface area contributed by atoms with Gasteiger partial charge in [0.25, 0.3) is 5.91 Å². The number of ether oxygens (including phenoxy) is 2. The number of benzene rings is 2. The monoisotopic (exact) mass is 409 g/mol. The van der Waals surface area contributed by atoms with E-state index in [-0.39, 0.29) is 12.6 Å². The molecule has 0 saturated carbocycles. The zero-order chi connectivity index (χ0) is 21.5. The fraction of sp³-hybridized carbons (Fsp3) is 0.238. The predicted octanol–water partition coefficient (Wildman–Crippen LogP) is 2.02. The fourth-order valence-electron chi connectivity index (χ4n) is 3.40. The normalized spacial score (nSPS) is 19.6. The lowest BCUT2D eigenvalue weighted by molar-refractivity contribution is -0.133. The maximum atomic E-state index is 13.0. The molecular formula is C21H19N3O6. The third-order valence-corrected chi connectivity index (χ3v) is 5.08. The molecule has 1 atom stereocenters. The fourth-order valence-corrected chi connectivity index (χ4v) is 3.40. The topological polar surface area (TPSA) is 114 Å². The number of ketones is 1. The third kappa shape index (κ3) is 3.34. The highest BCUT2D eigenvalue weighted by Gasteiger charge is 2.49. The third-order valence-electron chi connectivity index (χ3n) is 5.08. The summed E-state index contributed by atoms with van der Waals surface area (Å²) in [4.78, 5) is 50.2. The number of carbonyl (C=O) groups excluding carboxylic acids is 4. The molecule has 1 fully saturated rings. The van der Waals surface area contributed by atoms with Gasteiger partial charge in [-0.05, 0) is 43.7 Å². The van der Waals surface area contributed by atoms with Gasteiger partial charge in [0.15, 0.2) is 17.3 Å². The van der Waals surface area contributed by atoms with E-state index in [2.05, 4.69) is 10.6 Å². The Kier molecular flexibility index (Phi) is 4.65. The van der Waals surface area contributed by atoms with E-state index in [0.717, 1.165) is 4.90 Å². The van der Waals surface area contributed by atoms with Crippen molar-refractivity contribution in [1.29, 1.82) is 0 Å². The van der Waals surface area contributed by atoms with Gasteiger partial charge in [-0.3, -0.25) is 19.3 Å². The number of urea groups is 1. The van der Waals surface area contributed by atoms with Crippen molar-refractivity contribution in [3.63, 3.8) is 0 Å². The molecule has 2 aliphatic heterocycles. The van der Waals surface area contributed by atoms with Crippen LogP contribution in [0, 0.1) is 0 Å². The van der Waals surface area contributed by atoms with Crippen molar-refractivity contribution < 1.29 is 28.7 Å². The van der Waals surface area contributed by atoms with Gasteiger partial charge in [0.1, 0.15) is 12.1 Å². The van der Waals surface area contributed by atoms with Crippen LogP contribution in [0.5, 0.6) is 11.5 Å². The van der Waals surface area contributed by atoms with E-state index >= 15 is 0 Å². The summed E-state index contributed by atoms with van der Waals surface area (Å²) in [6, 6.07) is 10.7. The highest BCUT2D eigenvalue weighted by molar-refractivity contribution is 6.10. The van der Waals surface area contributed by atoms with Crippen molar-refractivity contribution in [2.45, 2.75) is 19.4 Å². The number of imide groups is 1. The summed E-state index contributed by atoms with van der Waals surface area (Å²) in [5.74, 6) is -0.215. The van der Waals surface area contributed by atoms with Crippen LogP contribution in [-0.2, 0) is 15.1 Å². The molecule has 0 aromatic heterocycles. The number of anilines is 1. The Hall–Kier alpha value is -3.88. The quantitative estimate of drug-likeness (QED) is 0.577. The van der Waals surface area contributed by atoms with E-state index in [4.69, 9.17) is 9.47 Å². The van der Waals surface area contributed by atoms with Crippen LogP contribution >= 0.6 is 0 Å². The summed E-state index contributed by atoms with van der Waals surface area (Å²) in [7, 11) is 0. The number of carbonyl (C=O) groups is 4. The molecule has 9 heteroatoms. The summed E-state index contributed by atoms with van der Waals surface area (Å²) < 4.78 is 10.6. The first-order chi connectivity index (χ1) is 14.3. The second-order valence-corrected chi connectivity index (χ2v) is 7.20. The minimum Gasteiger partial charge on any atom is -0.454 e. The number of Topliss-reactive ketones (excluding diaryl/α,β-unsaturated/α-hetero) is 1. The van der Waals surface area contributed by atoms with Crippen LogP contribution in [0.15, 0.2) is 42.5 Å². The Morgan fingerprint density at radius 3 is 2.67 bits per heavy atom. The van der Waals surface area contributed by atoms with Gasteiger partial charge in [0.05, 0.1) is 0 Å². The van der Waals surface area contributed by atoms with Gasteiger partial charge in [-0.25, -0.2) is 4.79 Å². The number of nitrogens with zero attached hydrogens (tertiary/aromatic N) is 1. The van der Waals surface area contributed by atoms with Crippen LogP contribution in [0.2, 0.25) is 0 Å². The van der Waals surface area contributed by atoms with Gasteiger partial charge in [-0.1, -0.05) is 18.2 Å². The zero-order valence-corrected chi connectivity index (χ0v) is 16.4. The van der Waals surface area contributed by atoms with Crippen LogP contribution in [-0.4, -0.2) is 41.9 Å². The Bertz CT molecular complexity index is 1080. The lowest BCUT2D eigenvalue weighted by Crippen LogP contribution is -2.42. The Labute approximate surface area is 171 Å². The minimum atomic E-state index is -1.34. The van der Waals surface area contributed by atoms with Crippen molar-refractivity contribution >= 4 is 29.3 Å². The number of hydrogen-bond donors (Lipinski definition) is 2. The van der Waals surface area contributed by atoms with Gasteiger partial charge in [0.2, 0.25) is 12.7 Å². The van der Waals surface area contributed by atoms with Crippen molar-refractivity contribution in [1.82, 2.24) is 10.2 Å². The molecule has 0 bridgehead atoms. The average molecular weight is 409 g/mol. The van der Waals surface area contributed by atoms with Crippen molar-refractivity contribution in [2.24, 2.45) is 0 Å². The Morgan fingerprint density at radius 1 is 1.13 bits per heavy atom. The highest BCUT2D eigenvalue weighted by Crippen LogP contribution is 2.37. The summed E-state index contributed by atoms with van der Waals surface area (Å²) in [6.07, 6.45) is 0. The average Bonchev–Trinajstić information content (AvgIpc) is 3.26. The lowest BCUT2D eigenvalue weighted by atomic mass is 9.91. The van der Waals surface area contributed by atoms with E-state index in [1.54, 1.807) is 43.3 Å². The van der Waals surface area contributed by atoms with Crippen LogP contribution in [0.3, 0.4) is 0 Å². The first kappa shape index (κ1) is 19.4. The molecule has 2 aromatic carbocycles. The molecule has 30 heavy (non-hydrogen) atoms. The number of nitrogens with one attached hydrogen (secondary N) is 2. The van der Waals surface area contributed by atoms with Crippen molar-refractivity contribution in [2.75, 3.05) is 18.7 Å². The highest BCUT2D eigenvalue weighted by atomic mass is 16.7. The largest absolute Gasteiger partial charge is 0.454 e. The molecule has 0 spiro atoms. The van der Waals surface area contributed by atoms with Crippen LogP contribution in [0.1, 0.15) is 29.8 Å². The number of fused-ring (bicyclic) bond motifs is 1. The smallest absolute Gasteiger partial charge is 0.325 e. The molecule has 0 aliphatic carbocycles. The van der Waals surface area contributed by atoms with Crippen LogP contribution in [0.4, 0.5) is 10.5 Å². The molecule has 154 valence electrons. The van der Waals surface area contributed by atoms with Gasteiger partial charge >= 0.3 is 6.03 Å². The number of rotatable bonds is 5. The van der Waals surface area contributed by atoms with Gasteiger partial charge in [-0.15, -0.1) is 0 Å². The van der Waals surface area contributed by atoms with Gasteiger partial charge in [-0.2, -0.15) is 0 Å². The molecule has 9 nitrogen and oxygen atoms in total. The predicted molar refractivity (Wildman–Crippen MR) is 105 cm³/mol. The Morgan fingerprint density at radius 2 is 1.90 bits per heavy atom. The summed E-state index contributed by atoms with van der Waals surface area (Å²) >= 11 is 0. The molecule has 2 aliphatic rings. The standard InChI is InChI=1S/C21H19N3O6/c1-12(25)13-4-3-5-15(8-13)22-18(26)10-24-19(27)21(2,23-20(24)28)14-6-7-16-17(9-14)30-11-29-16/h3-9H,10-11H2,1-2H3,(H,22,26)(H,23,28)/t21-/m1/s1. The molecule has 2 heterocycles. The lowest BCUT2D eigenvalue weighted by Gasteiger charge is -2.22. The van der Waals surface area contributed by atoms with Crippen molar-refractivity contribution in [3.8, 4) is 11.5 Å². The van der Waals surface area contributed by atoms with E-state index in [0.29, 0.717) is 28.3 Å². The number of amides is 4. The van der Waals surface area contributed by atoms with E-state index in [1.807, 2.05) is 0 Å². The molecule has 2 aromatic rings. The van der Waals surface area contributed by atoms with Crippen LogP contribution in [0.25, 0.3) is 0 Å². The van der Waals surface area contributed by atoms with E-state index in [1.165, 1.54) is 13.0 Å². The zero-order valence-electron chi connectivity index (χ0n) is 16.4. The van der Waals surface area contributed by atoms with Gasteiger partial charge in [0, 0.05) is 11.3 Å². The molecule has 0 unspecified atom stereocenters. The van der Waals surface area contributed by atoms with Crippen LogP contribution < -0.4 is 20.1 Å². The molecule has 4 rings (SSSR count). The summed E-state index contributed by atoms with van der Waals surface area (Å²) in [5, 5.41) is 5.25. The van der Waals surface area contributed by atoms with E-state index in [9.17, 15) is 19.2 Å². The molecule has 2 N–H and O–H groups in total. The SMILES string of the molecule is CC(=O)c1cccc(NC(=O)CN2C(=O)N[C@](C)(c3ccc4c(c3)OCO4)C2=O)c1. The molecule has 0 radical (unpaired) electrons. The maximum absolute atomic E-state index is 13.0. The molecular weight excluding hydrogens is 390 g/mol. The molecule has 1 saturated heterocycles. The van der Waals surface area contributed by atoms with E-state index < -0.39 is 29.9 Å². The summed E-state index contributed by atoms with van der Waals surface area (Å²) in [6.45, 7) is 2.62. The number of hydrogen-bond acceptors (Lipinski definition) is 6. The Balaban J connectivity index is 1.49.